The molecule has 4 nitrogen and oxygen atoms in total. The highest BCUT2D eigenvalue weighted by Gasteiger charge is 2.19. The molecule has 0 spiro atoms. The minimum absolute atomic E-state index is 0.194. The number of allylic oxidation sites excluding steroid dienone is 1. The fourth-order valence-electron chi connectivity index (χ4n) is 1.35. The van der Waals surface area contributed by atoms with Crippen molar-refractivity contribution in [3.05, 3.63) is 12.7 Å². The number of carbonyl (C=O) groups is 2. The van der Waals surface area contributed by atoms with Crippen LogP contribution in [0.15, 0.2) is 12.7 Å². The van der Waals surface area contributed by atoms with Gasteiger partial charge in [0, 0.05) is 6.42 Å². The van der Waals surface area contributed by atoms with Crippen molar-refractivity contribution in [2.24, 2.45) is 5.92 Å². The highest BCUT2D eigenvalue weighted by Crippen LogP contribution is 2.04. The Balaban J connectivity index is 4.07. The normalized spacial score (nSPS) is 12.2. The van der Waals surface area contributed by atoms with Crippen molar-refractivity contribution in [1.29, 1.82) is 0 Å². The largest absolute Gasteiger partial charge is 0.480 e. The second-order valence-corrected chi connectivity index (χ2v) is 4.28. The molecule has 4 heteroatoms. The summed E-state index contributed by atoms with van der Waals surface area (Å²) in [5.41, 5.74) is 0. The molecule has 0 aromatic carbocycles. The number of rotatable bonds is 8. The Labute approximate surface area is 96.7 Å². The third-order valence-corrected chi connectivity index (χ3v) is 2.13. The summed E-state index contributed by atoms with van der Waals surface area (Å²) in [5, 5.41) is 11.4. The average molecular weight is 227 g/mol. The lowest BCUT2D eigenvalue weighted by molar-refractivity contribution is -0.142. The van der Waals surface area contributed by atoms with Crippen LogP contribution in [0.4, 0.5) is 0 Å². The summed E-state index contributed by atoms with van der Waals surface area (Å²) >= 11 is 0. The average Bonchev–Trinajstić information content (AvgIpc) is 2.15. The van der Waals surface area contributed by atoms with Crippen LogP contribution in [0.2, 0.25) is 0 Å². The summed E-state index contributed by atoms with van der Waals surface area (Å²) in [6.07, 6.45) is 4.05. The molecular formula is C12H21NO3. The minimum atomic E-state index is -0.971. The van der Waals surface area contributed by atoms with Gasteiger partial charge in [0.2, 0.25) is 5.91 Å². The van der Waals surface area contributed by atoms with Gasteiger partial charge in [0.1, 0.15) is 6.04 Å². The predicted molar refractivity (Wildman–Crippen MR) is 63.1 cm³/mol. The van der Waals surface area contributed by atoms with E-state index in [0.717, 1.165) is 12.8 Å². The van der Waals surface area contributed by atoms with E-state index in [9.17, 15) is 9.59 Å². The maximum atomic E-state index is 11.4. The van der Waals surface area contributed by atoms with Crippen molar-refractivity contribution in [2.75, 3.05) is 0 Å². The molecule has 1 amide bonds. The number of unbranched alkanes of at least 4 members (excludes halogenated alkanes) is 1. The first-order valence-corrected chi connectivity index (χ1v) is 5.60. The Morgan fingerprint density at radius 2 is 2.06 bits per heavy atom. The SMILES string of the molecule is C=CCCC[C@H](NC(=O)CC(C)C)C(=O)O. The van der Waals surface area contributed by atoms with E-state index in [1.165, 1.54) is 0 Å². The number of carbonyl (C=O) groups excluding carboxylic acids is 1. The Morgan fingerprint density at radius 3 is 2.50 bits per heavy atom. The zero-order chi connectivity index (χ0) is 12.6. The zero-order valence-corrected chi connectivity index (χ0v) is 10.0. The third kappa shape index (κ3) is 7.04. The Kier molecular flexibility index (Phi) is 7.25. The van der Waals surface area contributed by atoms with Crippen molar-refractivity contribution < 1.29 is 14.7 Å². The summed E-state index contributed by atoms with van der Waals surface area (Å²) in [4.78, 5) is 22.3. The monoisotopic (exact) mass is 227 g/mol. The van der Waals surface area contributed by atoms with Crippen LogP contribution in [-0.2, 0) is 9.59 Å². The van der Waals surface area contributed by atoms with Crippen LogP contribution >= 0.6 is 0 Å². The van der Waals surface area contributed by atoms with Gasteiger partial charge in [-0.1, -0.05) is 19.9 Å². The summed E-state index contributed by atoms with van der Waals surface area (Å²) in [5.74, 6) is -0.926. The second-order valence-electron chi connectivity index (χ2n) is 4.28. The molecule has 0 fully saturated rings. The maximum absolute atomic E-state index is 11.4. The van der Waals surface area contributed by atoms with E-state index >= 15 is 0 Å². The standard InChI is InChI=1S/C12H21NO3/c1-4-5-6-7-10(12(15)16)13-11(14)8-9(2)3/h4,9-10H,1,5-8H2,2-3H3,(H,13,14)(H,15,16)/t10-/m0/s1. The predicted octanol–water partition coefficient (Wildman–Crippen LogP) is 1.96. The number of hydrogen-bond acceptors (Lipinski definition) is 2. The Morgan fingerprint density at radius 1 is 1.44 bits per heavy atom. The van der Waals surface area contributed by atoms with Crippen molar-refractivity contribution in [1.82, 2.24) is 5.32 Å². The lowest BCUT2D eigenvalue weighted by atomic mass is 10.1. The highest BCUT2D eigenvalue weighted by atomic mass is 16.4. The summed E-state index contributed by atoms with van der Waals surface area (Å²) in [6.45, 7) is 7.42. The Bertz CT molecular complexity index is 249. The molecule has 0 heterocycles. The molecule has 0 unspecified atom stereocenters. The third-order valence-electron chi connectivity index (χ3n) is 2.13. The van der Waals surface area contributed by atoms with Gasteiger partial charge in [-0.05, 0) is 25.2 Å². The van der Waals surface area contributed by atoms with Gasteiger partial charge < -0.3 is 10.4 Å². The lowest BCUT2D eigenvalue weighted by Gasteiger charge is -2.14. The number of nitrogens with one attached hydrogen (secondary N) is 1. The van der Waals surface area contributed by atoms with E-state index in [1.807, 2.05) is 13.8 Å². The van der Waals surface area contributed by atoms with E-state index in [1.54, 1.807) is 6.08 Å². The van der Waals surface area contributed by atoms with Crippen molar-refractivity contribution in [2.45, 2.75) is 45.6 Å². The number of carboxylic acid groups (broad SMARTS) is 1. The summed E-state index contributed by atoms with van der Waals surface area (Å²) in [7, 11) is 0. The molecule has 92 valence electrons. The number of amides is 1. The number of aliphatic carboxylic acids is 1. The first kappa shape index (κ1) is 14.7. The molecule has 0 aliphatic rings. The van der Waals surface area contributed by atoms with Crippen molar-refractivity contribution >= 4 is 11.9 Å². The van der Waals surface area contributed by atoms with Crippen LogP contribution in [0.5, 0.6) is 0 Å². The van der Waals surface area contributed by atoms with E-state index in [-0.39, 0.29) is 11.8 Å². The molecule has 0 bridgehead atoms. The van der Waals surface area contributed by atoms with Gasteiger partial charge in [0.15, 0.2) is 0 Å². The van der Waals surface area contributed by atoms with Crippen LogP contribution in [0, 0.1) is 5.92 Å². The van der Waals surface area contributed by atoms with Crippen LogP contribution in [-0.4, -0.2) is 23.0 Å². The first-order valence-electron chi connectivity index (χ1n) is 5.60. The van der Waals surface area contributed by atoms with Gasteiger partial charge in [-0.25, -0.2) is 4.79 Å². The molecule has 16 heavy (non-hydrogen) atoms. The van der Waals surface area contributed by atoms with E-state index in [4.69, 9.17) is 5.11 Å². The zero-order valence-electron chi connectivity index (χ0n) is 10.0. The Hall–Kier alpha value is -1.32. The van der Waals surface area contributed by atoms with Crippen LogP contribution < -0.4 is 5.32 Å². The van der Waals surface area contributed by atoms with Gasteiger partial charge in [-0.15, -0.1) is 6.58 Å². The van der Waals surface area contributed by atoms with Crippen LogP contribution in [0.3, 0.4) is 0 Å². The van der Waals surface area contributed by atoms with Crippen molar-refractivity contribution in [3.8, 4) is 0 Å². The molecule has 0 radical (unpaired) electrons. The van der Waals surface area contributed by atoms with Gasteiger partial charge in [-0.3, -0.25) is 4.79 Å². The second kappa shape index (κ2) is 7.91. The number of carboxylic acids is 1. The van der Waals surface area contributed by atoms with E-state index < -0.39 is 12.0 Å². The summed E-state index contributed by atoms with van der Waals surface area (Å²) < 4.78 is 0. The first-order chi connectivity index (χ1) is 7.47. The van der Waals surface area contributed by atoms with Crippen LogP contribution in [0.1, 0.15) is 39.5 Å². The quantitative estimate of drug-likeness (QED) is 0.492. The fourth-order valence-corrected chi connectivity index (χ4v) is 1.35. The molecular weight excluding hydrogens is 206 g/mol. The molecule has 0 rings (SSSR count). The maximum Gasteiger partial charge on any atom is 0.326 e. The minimum Gasteiger partial charge on any atom is -0.480 e. The molecule has 0 saturated carbocycles. The van der Waals surface area contributed by atoms with E-state index in [2.05, 4.69) is 11.9 Å². The topological polar surface area (TPSA) is 66.4 Å². The van der Waals surface area contributed by atoms with Crippen LogP contribution in [0.25, 0.3) is 0 Å². The fraction of sp³-hybridized carbons (Fsp3) is 0.667. The number of hydrogen-bond donors (Lipinski definition) is 2. The van der Waals surface area contributed by atoms with Crippen molar-refractivity contribution in [3.63, 3.8) is 0 Å². The van der Waals surface area contributed by atoms with Gasteiger partial charge >= 0.3 is 5.97 Å². The van der Waals surface area contributed by atoms with Gasteiger partial charge in [-0.2, -0.15) is 0 Å². The molecule has 0 saturated heterocycles. The highest BCUT2D eigenvalue weighted by molar-refractivity contribution is 5.83. The smallest absolute Gasteiger partial charge is 0.326 e. The molecule has 0 aromatic rings. The molecule has 0 aromatic heterocycles. The molecule has 2 N–H and O–H groups in total. The van der Waals surface area contributed by atoms with E-state index in [0.29, 0.717) is 12.8 Å². The molecule has 0 aliphatic carbocycles. The summed E-state index contributed by atoms with van der Waals surface area (Å²) in [6, 6.07) is -0.772. The molecule has 1 atom stereocenters. The van der Waals surface area contributed by atoms with Gasteiger partial charge in [0.25, 0.3) is 0 Å². The lowest BCUT2D eigenvalue weighted by Crippen LogP contribution is -2.41. The van der Waals surface area contributed by atoms with Gasteiger partial charge in [0.05, 0.1) is 0 Å². The molecule has 0 aliphatic heterocycles.